The van der Waals surface area contributed by atoms with Crippen molar-refractivity contribution >= 4 is 27.3 Å². The first-order chi connectivity index (χ1) is 11.6. The van der Waals surface area contributed by atoms with Crippen molar-refractivity contribution in [2.75, 3.05) is 4.72 Å². The topological polar surface area (TPSA) is 76.9 Å². The highest BCUT2D eigenvalue weighted by Crippen LogP contribution is 2.27. The van der Waals surface area contributed by atoms with Crippen LogP contribution >= 0.6 is 11.3 Å². The van der Waals surface area contributed by atoms with Gasteiger partial charge in [0.15, 0.2) is 0 Å². The van der Waals surface area contributed by atoms with Gasteiger partial charge in [0, 0.05) is 17.8 Å². The summed E-state index contributed by atoms with van der Waals surface area (Å²) in [5, 5.41) is 10.1. The lowest BCUT2D eigenvalue weighted by Crippen LogP contribution is -2.19. The molecule has 0 aliphatic carbocycles. The summed E-state index contributed by atoms with van der Waals surface area (Å²) in [5.74, 6) is 1.14. The zero-order valence-corrected chi connectivity index (χ0v) is 14.5. The third kappa shape index (κ3) is 2.83. The number of sulfonamides is 1. The van der Waals surface area contributed by atoms with Gasteiger partial charge in [-0.05, 0) is 42.0 Å². The van der Waals surface area contributed by atoms with Crippen molar-refractivity contribution in [1.29, 1.82) is 0 Å². The van der Waals surface area contributed by atoms with Gasteiger partial charge in [-0.15, -0.1) is 21.5 Å². The summed E-state index contributed by atoms with van der Waals surface area (Å²) < 4.78 is 29.9. The van der Waals surface area contributed by atoms with Gasteiger partial charge in [0.05, 0.1) is 4.90 Å². The van der Waals surface area contributed by atoms with E-state index in [1.54, 1.807) is 29.5 Å². The van der Waals surface area contributed by atoms with Crippen molar-refractivity contribution in [3.05, 3.63) is 47.6 Å². The SMILES string of the molecule is O=S(=O)(Nc1nnc2n1CCCC2)c1cccc(-c2cccs2)c1. The van der Waals surface area contributed by atoms with Crippen LogP contribution < -0.4 is 4.72 Å². The average Bonchev–Trinajstić information content (AvgIpc) is 3.25. The number of thiophene rings is 1. The molecule has 124 valence electrons. The third-order valence-corrected chi connectivity index (χ3v) is 6.28. The molecule has 3 aromatic rings. The molecule has 0 saturated heterocycles. The standard InChI is InChI=1S/C16H16N4O2S2/c21-24(22,19-16-18-17-15-8-1-2-9-20(15)16)13-6-3-5-12(11-13)14-7-4-10-23-14/h3-7,10-11H,1-2,8-9H2,(H,18,19). The van der Waals surface area contributed by atoms with E-state index < -0.39 is 10.0 Å². The Hall–Kier alpha value is -2.19. The molecule has 4 rings (SSSR count). The fourth-order valence-corrected chi connectivity index (χ4v) is 4.60. The molecular formula is C16H16N4O2S2. The first kappa shape index (κ1) is 15.3. The molecule has 8 heteroatoms. The van der Waals surface area contributed by atoms with Gasteiger partial charge in [-0.2, -0.15) is 0 Å². The van der Waals surface area contributed by atoms with Crippen LogP contribution in [0.4, 0.5) is 5.95 Å². The lowest BCUT2D eigenvalue weighted by molar-refractivity contribution is 0.526. The number of benzene rings is 1. The van der Waals surface area contributed by atoms with Crippen LogP contribution in [0.25, 0.3) is 10.4 Å². The number of aryl methyl sites for hydroxylation is 1. The Labute approximate surface area is 144 Å². The zero-order valence-electron chi connectivity index (χ0n) is 12.8. The van der Waals surface area contributed by atoms with Crippen LogP contribution in [-0.2, 0) is 23.0 Å². The number of anilines is 1. The van der Waals surface area contributed by atoms with Crippen LogP contribution in [-0.4, -0.2) is 23.2 Å². The second-order valence-electron chi connectivity index (χ2n) is 5.66. The highest BCUT2D eigenvalue weighted by Gasteiger charge is 2.21. The van der Waals surface area contributed by atoms with Crippen LogP contribution in [0.2, 0.25) is 0 Å². The first-order valence-corrected chi connectivity index (χ1v) is 10.1. The fourth-order valence-electron chi connectivity index (χ4n) is 2.82. The van der Waals surface area contributed by atoms with Crippen LogP contribution in [0.5, 0.6) is 0 Å². The smallest absolute Gasteiger partial charge is 0.264 e. The van der Waals surface area contributed by atoms with Gasteiger partial charge in [0.2, 0.25) is 5.95 Å². The first-order valence-electron chi connectivity index (χ1n) is 7.72. The number of fused-ring (bicyclic) bond motifs is 1. The Kier molecular flexibility index (Phi) is 3.85. The van der Waals surface area contributed by atoms with Crippen LogP contribution in [0.15, 0.2) is 46.7 Å². The van der Waals surface area contributed by atoms with Crippen molar-refractivity contribution in [1.82, 2.24) is 14.8 Å². The molecule has 3 heterocycles. The maximum absolute atomic E-state index is 12.7. The molecule has 2 aromatic heterocycles. The number of aromatic nitrogens is 3. The van der Waals surface area contributed by atoms with Gasteiger partial charge in [-0.1, -0.05) is 18.2 Å². The van der Waals surface area contributed by atoms with Gasteiger partial charge in [0.1, 0.15) is 5.82 Å². The van der Waals surface area contributed by atoms with E-state index in [-0.39, 0.29) is 4.90 Å². The maximum atomic E-state index is 12.7. The number of nitrogens with one attached hydrogen (secondary N) is 1. The lowest BCUT2D eigenvalue weighted by Gasteiger charge is -2.15. The molecule has 6 nitrogen and oxygen atoms in total. The molecule has 0 spiro atoms. The molecule has 0 bridgehead atoms. The number of nitrogens with zero attached hydrogens (tertiary/aromatic N) is 3. The summed E-state index contributed by atoms with van der Waals surface area (Å²) in [4.78, 5) is 1.26. The summed E-state index contributed by atoms with van der Waals surface area (Å²) in [7, 11) is -3.70. The van der Waals surface area contributed by atoms with Crippen LogP contribution in [0.1, 0.15) is 18.7 Å². The summed E-state index contributed by atoms with van der Waals surface area (Å²) in [6.45, 7) is 0.745. The Balaban J connectivity index is 1.66. The van der Waals surface area contributed by atoms with Crippen molar-refractivity contribution < 1.29 is 8.42 Å². The number of rotatable bonds is 4. The zero-order chi connectivity index (χ0) is 16.6. The van der Waals surface area contributed by atoms with Gasteiger partial charge in [-0.3, -0.25) is 4.57 Å². The van der Waals surface area contributed by atoms with Gasteiger partial charge < -0.3 is 0 Å². The number of hydrogen-bond donors (Lipinski definition) is 1. The Morgan fingerprint density at radius 1 is 1.12 bits per heavy atom. The van der Waals surface area contributed by atoms with Gasteiger partial charge >= 0.3 is 0 Å². The van der Waals surface area contributed by atoms with Crippen molar-refractivity contribution in [3.63, 3.8) is 0 Å². The maximum Gasteiger partial charge on any atom is 0.264 e. The third-order valence-electron chi connectivity index (χ3n) is 4.04. The minimum Gasteiger partial charge on any atom is -0.297 e. The minimum atomic E-state index is -3.70. The Morgan fingerprint density at radius 3 is 2.88 bits per heavy atom. The van der Waals surface area contributed by atoms with Crippen LogP contribution in [0.3, 0.4) is 0 Å². The molecular weight excluding hydrogens is 344 g/mol. The molecule has 0 radical (unpaired) electrons. The summed E-state index contributed by atoms with van der Waals surface area (Å²) in [6, 6.07) is 10.8. The summed E-state index contributed by atoms with van der Waals surface area (Å²) >= 11 is 1.58. The highest BCUT2D eigenvalue weighted by atomic mass is 32.2. The second-order valence-corrected chi connectivity index (χ2v) is 8.29. The average molecular weight is 360 g/mol. The monoisotopic (exact) mass is 360 g/mol. The summed E-state index contributed by atoms with van der Waals surface area (Å²) in [5.41, 5.74) is 0.885. The molecule has 0 amide bonds. The quantitative estimate of drug-likeness (QED) is 0.775. The van der Waals surface area contributed by atoms with E-state index in [1.165, 1.54) is 0 Å². The van der Waals surface area contributed by atoms with Gasteiger partial charge in [-0.25, -0.2) is 13.1 Å². The van der Waals surface area contributed by atoms with E-state index in [0.29, 0.717) is 5.95 Å². The van der Waals surface area contributed by atoms with E-state index in [4.69, 9.17) is 0 Å². The highest BCUT2D eigenvalue weighted by molar-refractivity contribution is 7.92. The van der Waals surface area contributed by atoms with Crippen molar-refractivity contribution in [3.8, 4) is 10.4 Å². The predicted octanol–water partition coefficient (Wildman–Crippen LogP) is 3.14. The minimum absolute atomic E-state index is 0.224. The molecule has 24 heavy (non-hydrogen) atoms. The van der Waals surface area contributed by atoms with E-state index >= 15 is 0 Å². The van der Waals surface area contributed by atoms with E-state index in [1.807, 2.05) is 28.1 Å². The van der Waals surface area contributed by atoms with Gasteiger partial charge in [0.25, 0.3) is 10.0 Å². The predicted molar refractivity (Wildman–Crippen MR) is 93.5 cm³/mol. The molecule has 1 aliphatic heterocycles. The Bertz CT molecular complexity index is 962. The van der Waals surface area contributed by atoms with Crippen molar-refractivity contribution in [2.24, 2.45) is 0 Å². The Morgan fingerprint density at radius 2 is 2.04 bits per heavy atom. The fraction of sp³-hybridized carbons (Fsp3) is 0.250. The van der Waals surface area contributed by atoms with E-state index in [9.17, 15) is 8.42 Å². The molecule has 1 N–H and O–H groups in total. The largest absolute Gasteiger partial charge is 0.297 e. The summed E-state index contributed by atoms with van der Waals surface area (Å²) in [6.07, 6.45) is 2.91. The van der Waals surface area contributed by atoms with Crippen molar-refractivity contribution in [2.45, 2.75) is 30.7 Å². The molecule has 1 aromatic carbocycles. The molecule has 0 atom stereocenters. The molecule has 0 unspecified atom stereocenters. The van der Waals surface area contributed by atoms with E-state index in [2.05, 4.69) is 14.9 Å². The molecule has 1 aliphatic rings. The van der Waals surface area contributed by atoms with Crippen LogP contribution in [0, 0.1) is 0 Å². The molecule has 0 fully saturated rings. The number of hydrogen-bond acceptors (Lipinski definition) is 5. The molecule has 0 saturated carbocycles. The lowest BCUT2D eigenvalue weighted by atomic mass is 10.2. The normalized spacial score (nSPS) is 14.3. The van der Waals surface area contributed by atoms with E-state index in [0.717, 1.165) is 42.1 Å². The second kappa shape index (κ2) is 6.03.